The predicted molar refractivity (Wildman–Crippen MR) is 92.2 cm³/mol. The molecule has 20 heavy (non-hydrogen) atoms. The fraction of sp³-hybridized carbons (Fsp3) is 0.278. The molecule has 0 spiro atoms. The van der Waals surface area contributed by atoms with E-state index in [2.05, 4.69) is 92.6 Å². The summed E-state index contributed by atoms with van der Waals surface area (Å²) in [5.74, 6) is 0. The molecular weight excluding hydrogens is 261 g/mol. The molecule has 2 aromatic carbocycles. The molecule has 0 aromatic heterocycles. The van der Waals surface area contributed by atoms with E-state index in [1.54, 1.807) is 0 Å². The molecule has 0 amide bonds. The molecule has 0 N–H and O–H groups in total. The lowest BCUT2D eigenvalue weighted by Gasteiger charge is -2.18. The predicted octanol–water partition coefficient (Wildman–Crippen LogP) is 3.99. The lowest BCUT2D eigenvalue weighted by atomic mass is 10.1. The molecule has 0 saturated heterocycles. The minimum Gasteiger partial charge on any atom is -0.291 e. The van der Waals surface area contributed by atoms with E-state index in [9.17, 15) is 0 Å². The average molecular weight is 283 g/mol. The first-order valence-electron chi connectivity index (χ1n) is 6.97. The maximum atomic E-state index is 4.64. The highest BCUT2D eigenvalue weighted by Crippen LogP contribution is 2.32. The van der Waals surface area contributed by atoms with Crippen molar-refractivity contribution in [3.05, 3.63) is 60.7 Å². The van der Waals surface area contributed by atoms with Crippen LogP contribution in [-0.4, -0.2) is 17.9 Å². The average Bonchev–Trinajstić information content (AvgIpc) is 2.44. The van der Waals surface area contributed by atoms with E-state index >= 15 is 0 Å². The zero-order valence-corrected chi connectivity index (χ0v) is 13.3. The molecule has 0 bridgehead atoms. The minimum absolute atomic E-state index is 0.00831. The van der Waals surface area contributed by atoms with Crippen molar-refractivity contribution < 1.29 is 0 Å². The largest absolute Gasteiger partial charge is 0.291 e. The smallest absolute Gasteiger partial charge is 0.0520 e. The number of benzene rings is 2. The van der Waals surface area contributed by atoms with Gasteiger partial charge in [0, 0.05) is 12.4 Å². The summed E-state index contributed by atoms with van der Waals surface area (Å²) in [4.78, 5) is 4.64. The maximum Gasteiger partial charge on any atom is 0.0520 e. The Labute approximate surface area is 123 Å². The molecule has 104 valence electrons. The van der Waals surface area contributed by atoms with E-state index in [1.165, 1.54) is 10.6 Å². The van der Waals surface area contributed by atoms with Crippen LogP contribution in [-0.2, 0) is 0 Å². The summed E-state index contributed by atoms with van der Waals surface area (Å²) in [6.45, 7) is 6.41. The molecule has 0 aliphatic heterocycles. The van der Waals surface area contributed by atoms with E-state index in [1.807, 2.05) is 0 Å². The van der Waals surface area contributed by atoms with E-state index < -0.39 is 0 Å². The molecule has 0 radical (unpaired) electrons. The van der Waals surface area contributed by atoms with Gasteiger partial charge in [0.15, 0.2) is 0 Å². The second kappa shape index (κ2) is 6.81. The topological polar surface area (TPSA) is 12.4 Å². The van der Waals surface area contributed by atoms with Gasteiger partial charge in [-0.2, -0.15) is 0 Å². The molecule has 0 atom stereocenters. The monoisotopic (exact) mass is 283 g/mol. The van der Waals surface area contributed by atoms with E-state index in [-0.39, 0.29) is 13.5 Å². The van der Waals surface area contributed by atoms with Gasteiger partial charge in [-0.05, 0) is 39.3 Å². The van der Waals surface area contributed by atoms with Gasteiger partial charge in [-0.15, -0.1) is 0 Å². The fourth-order valence-electron chi connectivity index (χ4n) is 1.97. The van der Waals surface area contributed by atoms with Crippen molar-refractivity contribution in [1.29, 1.82) is 0 Å². The van der Waals surface area contributed by atoms with E-state index in [0.717, 1.165) is 6.16 Å². The zero-order chi connectivity index (χ0) is 14.4. The van der Waals surface area contributed by atoms with Gasteiger partial charge in [-0.3, -0.25) is 4.99 Å². The summed E-state index contributed by atoms with van der Waals surface area (Å²) in [6.07, 6.45) is 3.10. The maximum absolute atomic E-state index is 4.64. The van der Waals surface area contributed by atoms with Gasteiger partial charge < -0.3 is 0 Å². The second-order valence-corrected chi connectivity index (χ2v) is 8.02. The van der Waals surface area contributed by atoms with Gasteiger partial charge in [0.2, 0.25) is 0 Å². The first-order chi connectivity index (χ1) is 9.56. The van der Waals surface area contributed by atoms with Crippen molar-refractivity contribution in [2.45, 2.75) is 26.3 Å². The number of nitrogens with zero attached hydrogens (tertiary/aromatic N) is 1. The molecular formula is C18H22NP. The summed E-state index contributed by atoms with van der Waals surface area (Å²) in [6, 6.07) is 21.5. The second-order valence-electron chi connectivity index (χ2n) is 5.76. The molecule has 0 unspecified atom stereocenters. The molecule has 0 aliphatic carbocycles. The standard InChI is InChI=1S/C18H22NP/c1-18(2,3)19-14-15-20(16-10-6-4-7-11-16)17-12-8-5-9-13-17/h4-14H,15H2,1-3H3. The minimum atomic E-state index is -0.353. The molecule has 0 heterocycles. The number of rotatable bonds is 4. The van der Waals surface area contributed by atoms with Gasteiger partial charge in [-0.1, -0.05) is 60.7 Å². The fourth-order valence-corrected chi connectivity index (χ4v) is 4.00. The van der Waals surface area contributed by atoms with Crippen molar-refractivity contribution in [3.63, 3.8) is 0 Å². The Morgan fingerprint density at radius 1 is 0.850 bits per heavy atom. The van der Waals surface area contributed by atoms with Crippen LogP contribution >= 0.6 is 7.92 Å². The Kier molecular flexibility index (Phi) is 5.09. The Balaban J connectivity index is 2.24. The van der Waals surface area contributed by atoms with Crippen molar-refractivity contribution >= 4 is 24.7 Å². The molecule has 2 heteroatoms. The molecule has 2 rings (SSSR count). The summed E-state index contributed by atoms with van der Waals surface area (Å²) >= 11 is 0. The molecule has 2 aromatic rings. The van der Waals surface area contributed by atoms with Crippen LogP contribution in [0, 0.1) is 0 Å². The molecule has 0 aliphatic rings. The lowest BCUT2D eigenvalue weighted by molar-refractivity contribution is 0.586. The Morgan fingerprint density at radius 3 is 1.70 bits per heavy atom. The van der Waals surface area contributed by atoms with Crippen LogP contribution in [0.4, 0.5) is 0 Å². The highest BCUT2D eigenvalue weighted by molar-refractivity contribution is 7.73. The summed E-state index contributed by atoms with van der Waals surface area (Å²) in [5.41, 5.74) is 0.00831. The van der Waals surface area contributed by atoms with E-state index in [0.29, 0.717) is 0 Å². The van der Waals surface area contributed by atoms with Crippen molar-refractivity contribution in [1.82, 2.24) is 0 Å². The van der Waals surface area contributed by atoms with Gasteiger partial charge in [-0.25, -0.2) is 0 Å². The van der Waals surface area contributed by atoms with Crippen LogP contribution in [0.5, 0.6) is 0 Å². The molecule has 0 saturated carbocycles. The van der Waals surface area contributed by atoms with Crippen LogP contribution in [0.3, 0.4) is 0 Å². The molecule has 1 nitrogen and oxygen atoms in total. The summed E-state index contributed by atoms with van der Waals surface area (Å²) in [5, 5.41) is 2.82. The van der Waals surface area contributed by atoms with Crippen molar-refractivity contribution in [2.75, 3.05) is 6.16 Å². The number of hydrogen-bond acceptors (Lipinski definition) is 1. The van der Waals surface area contributed by atoms with Crippen molar-refractivity contribution in [2.24, 2.45) is 4.99 Å². The van der Waals surface area contributed by atoms with Crippen molar-refractivity contribution in [3.8, 4) is 0 Å². The first-order valence-corrected chi connectivity index (χ1v) is 8.50. The van der Waals surface area contributed by atoms with Gasteiger partial charge >= 0.3 is 0 Å². The summed E-state index contributed by atoms with van der Waals surface area (Å²) in [7, 11) is -0.353. The number of hydrogen-bond donors (Lipinski definition) is 0. The Bertz CT molecular complexity index is 501. The highest BCUT2D eigenvalue weighted by Gasteiger charge is 2.12. The summed E-state index contributed by atoms with van der Waals surface area (Å²) < 4.78 is 0. The quantitative estimate of drug-likeness (QED) is 0.594. The van der Waals surface area contributed by atoms with Crippen LogP contribution in [0.25, 0.3) is 0 Å². The number of aliphatic imine (C=N–C) groups is 1. The van der Waals surface area contributed by atoms with Crippen LogP contribution in [0.2, 0.25) is 0 Å². The Morgan fingerprint density at radius 2 is 1.30 bits per heavy atom. The third-order valence-electron chi connectivity index (χ3n) is 2.88. The van der Waals surface area contributed by atoms with Crippen LogP contribution in [0.15, 0.2) is 65.7 Å². The van der Waals surface area contributed by atoms with Crippen LogP contribution < -0.4 is 10.6 Å². The molecule has 0 fully saturated rings. The van der Waals surface area contributed by atoms with Gasteiger partial charge in [0.25, 0.3) is 0 Å². The highest BCUT2D eigenvalue weighted by atomic mass is 31.1. The Hall–Kier alpha value is -1.46. The van der Waals surface area contributed by atoms with E-state index in [4.69, 9.17) is 0 Å². The third kappa shape index (κ3) is 4.58. The SMILES string of the molecule is CC(C)(C)N=CCP(c1ccccc1)c1ccccc1. The third-order valence-corrected chi connectivity index (χ3v) is 5.25. The lowest BCUT2D eigenvalue weighted by Crippen LogP contribution is -2.16. The zero-order valence-electron chi connectivity index (χ0n) is 12.5. The van der Waals surface area contributed by atoms with Gasteiger partial charge in [0.05, 0.1) is 5.54 Å². The first kappa shape index (κ1) is 14.9. The normalized spacial score (nSPS) is 12.2. The van der Waals surface area contributed by atoms with Crippen LogP contribution in [0.1, 0.15) is 20.8 Å². The van der Waals surface area contributed by atoms with Gasteiger partial charge in [0.1, 0.15) is 0 Å².